The van der Waals surface area contributed by atoms with Crippen LogP contribution >= 0.6 is 0 Å². The van der Waals surface area contributed by atoms with Crippen molar-refractivity contribution in [3.8, 4) is 0 Å². The molecule has 19 heavy (non-hydrogen) atoms. The Balaban J connectivity index is 2.97. The standard InChI is InChI=1S/C9H12F3NO5S/c1-19(17,18)5-8(7(15)16)2-3-13(4-8)6(14)9(10,11)12/h2-5H2,1H3,(H,15,16). The molecule has 0 bridgehead atoms. The first-order chi connectivity index (χ1) is 8.37. The highest BCUT2D eigenvalue weighted by Gasteiger charge is 2.52. The molecule has 0 aromatic rings. The highest BCUT2D eigenvalue weighted by atomic mass is 32.2. The zero-order valence-corrected chi connectivity index (χ0v) is 10.7. The summed E-state index contributed by atoms with van der Waals surface area (Å²) in [5, 5.41) is 9.05. The molecule has 0 aliphatic carbocycles. The molecule has 1 fully saturated rings. The molecule has 0 saturated carbocycles. The van der Waals surface area contributed by atoms with Crippen molar-refractivity contribution < 1.29 is 36.3 Å². The second-order valence-corrected chi connectivity index (χ2v) is 6.77. The molecule has 1 aliphatic heterocycles. The van der Waals surface area contributed by atoms with Gasteiger partial charge in [0.05, 0.1) is 5.75 Å². The largest absolute Gasteiger partial charge is 0.481 e. The Bertz CT molecular complexity index is 500. The van der Waals surface area contributed by atoms with Crippen molar-refractivity contribution in [2.24, 2.45) is 5.41 Å². The number of halogens is 3. The Kier molecular flexibility index (Phi) is 3.86. The topological polar surface area (TPSA) is 91.8 Å². The number of sulfone groups is 1. The van der Waals surface area contributed by atoms with Crippen LogP contribution in [0.4, 0.5) is 13.2 Å². The lowest BCUT2D eigenvalue weighted by molar-refractivity contribution is -0.184. The van der Waals surface area contributed by atoms with E-state index in [0.29, 0.717) is 4.90 Å². The van der Waals surface area contributed by atoms with E-state index in [4.69, 9.17) is 5.11 Å². The van der Waals surface area contributed by atoms with Gasteiger partial charge in [0.2, 0.25) is 0 Å². The fraction of sp³-hybridized carbons (Fsp3) is 0.778. The highest BCUT2D eigenvalue weighted by Crippen LogP contribution is 2.34. The average Bonchev–Trinajstić information content (AvgIpc) is 2.58. The molecule has 6 nitrogen and oxygen atoms in total. The zero-order chi connectivity index (χ0) is 15.1. The van der Waals surface area contributed by atoms with Crippen LogP contribution in [0.5, 0.6) is 0 Å². The number of carboxylic acid groups (broad SMARTS) is 1. The van der Waals surface area contributed by atoms with Crippen LogP contribution in [0, 0.1) is 5.41 Å². The number of hydrogen-bond donors (Lipinski definition) is 1. The van der Waals surface area contributed by atoms with E-state index in [-0.39, 0.29) is 6.42 Å². The molecule has 1 rings (SSSR count). The molecule has 1 aliphatic rings. The number of likely N-dealkylation sites (tertiary alicyclic amines) is 1. The Morgan fingerprint density at radius 1 is 1.37 bits per heavy atom. The predicted octanol–water partition coefficient (Wildman–Crippen LogP) is -0.103. The molecule has 1 amide bonds. The van der Waals surface area contributed by atoms with Crippen molar-refractivity contribution in [2.45, 2.75) is 12.6 Å². The number of hydrogen-bond acceptors (Lipinski definition) is 4. The van der Waals surface area contributed by atoms with Gasteiger partial charge in [-0.15, -0.1) is 0 Å². The summed E-state index contributed by atoms with van der Waals surface area (Å²) >= 11 is 0. The number of carboxylic acids is 1. The van der Waals surface area contributed by atoms with Crippen LogP contribution in [-0.2, 0) is 19.4 Å². The third kappa shape index (κ3) is 3.58. The minimum atomic E-state index is -5.10. The van der Waals surface area contributed by atoms with Gasteiger partial charge < -0.3 is 10.0 Å². The van der Waals surface area contributed by atoms with Crippen LogP contribution in [0.3, 0.4) is 0 Å². The van der Waals surface area contributed by atoms with E-state index >= 15 is 0 Å². The Labute approximate surface area is 107 Å². The van der Waals surface area contributed by atoms with Crippen molar-refractivity contribution in [3.05, 3.63) is 0 Å². The van der Waals surface area contributed by atoms with E-state index in [1.807, 2.05) is 0 Å². The predicted molar refractivity (Wildman–Crippen MR) is 57.0 cm³/mol. The normalized spacial score (nSPS) is 24.5. The fourth-order valence-electron chi connectivity index (χ4n) is 2.08. The van der Waals surface area contributed by atoms with Crippen molar-refractivity contribution in [2.75, 3.05) is 25.1 Å². The monoisotopic (exact) mass is 303 g/mol. The van der Waals surface area contributed by atoms with Crippen LogP contribution in [0.15, 0.2) is 0 Å². The van der Waals surface area contributed by atoms with Gasteiger partial charge in [0.25, 0.3) is 0 Å². The smallest absolute Gasteiger partial charge is 0.471 e. The molecule has 1 N–H and O–H groups in total. The van der Waals surface area contributed by atoms with Crippen molar-refractivity contribution in [1.29, 1.82) is 0 Å². The molecule has 1 unspecified atom stereocenters. The number of aliphatic carboxylic acids is 1. The molecule has 1 heterocycles. The summed E-state index contributed by atoms with van der Waals surface area (Å²) in [6, 6.07) is 0. The zero-order valence-electron chi connectivity index (χ0n) is 9.90. The lowest BCUT2D eigenvalue weighted by atomic mass is 9.90. The van der Waals surface area contributed by atoms with Crippen LogP contribution in [0.25, 0.3) is 0 Å². The number of nitrogens with zero attached hydrogens (tertiary/aromatic N) is 1. The number of amides is 1. The Hall–Kier alpha value is -1.32. The summed E-state index contributed by atoms with van der Waals surface area (Å²) in [7, 11) is -3.70. The molecule has 110 valence electrons. The summed E-state index contributed by atoms with van der Waals surface area (Å²) in [5.74, 6) is -4.46. The summed E-state index contributed by atoms with van der Waals surface area (Å²) in [6.07, 6.45) is -4.62. The van der Waals surface area contributed by atoms with E-state index in [1.54, 1.807) is 0 Å². The number of rotatable bonds is 3. The van der Waals surface area contributed by atoms with Crippen LogP contribution in [0.1, 0.15) is 6.42 Å². The number of alkyl halides is 3. The van der Waals surface area contributed by atoms with Crippen LogP contribution in [0.2, 0.25) is 0 Å². The third-order valence-electron chi connectivity index (χ3n) is 2.88. The molecule has 0 radical (unpaired) electrons. The van der Waals surface area contributed by atoms with Gasteiger partial charge in [-0.05, 0) is 6.42 Å². The first-order valence-electron chi connectivity index (χ1n) is 5.15. The van der Waals surface area contributed by atoms with E-state index in [2.05, 4.69) is 0 Å². The first-order valence-corrected chi connectivity index (χ1v) is 7.21. The maximum atomic E-state index is 12.2. The molecule has 0 aromatic heterocycles. The molecule has 10 heteroatoms. The van der Waals surface area contributed by atoms with Gasteiger partial charge in [-0.3, -0.25) is 9.59 Å². The first kappa shape index (κ1) is 15.7. The molecule has 0 spiro atoms. The second-order valence-electron chi connectivity index (χ2n) is 4.63. The number of carbonyl (C=O) groups excluding carboxylic acids is 1. The van der Waals surface area contributed by atoms with Crippen LogP contribution in [-0.4, -0.2) is 61.6 Å². The summed E-state index contributed by atoms with van der Waals surface area (Å²) in [6.45, 7) is -1.19. The van der Waals surface area contributed by atoms with Gasteiger partial charge in [-0.1, -0.05) is 0 Å². The van der Waals surface area contributed by atoms with Gasteiger partial charge in [0.1, 0.15) is 15.3 Å². The average molecular weight is 303 g/mol. The molecular formula is C9H12F3NO5S. The van der Waals surface area contributed by atoms with Gasteiger partial charge in [-0.2, -0.15) is 13.2 Å². The summed E-state index contributed by atoms with van der Waals surface area (Å²) in [5.41, 5.74) is -1.87. The van der Waals surface area contributed by atoms with Crippen LogP contribution < -0.4 is 0 Å². The molecule has 1 saturated heterocycles. The van der Waals surface area contributed by atoms with Crippen molar-refractivity contribution in [1.82, 2.24) is 4.90 Å². The SMILES string of the molecule is CS(=O)(=O)CC1(C(=O)O)CCN(C(=O)C(F)(F)F)C1. The minimum absolute atomic E-state index is 0.322. The quantitative estimate of drug-likeness (QED) is 0.786. The molecule has 1 atom stereocenters. The minimum Gasteiger partial charge on any atom is -0.481 e. The molecular weight excluding hydrogens is 291 g/mol. The van der Waals surface area contributed by atoms with Crippen molar-refractivity contribution in [3.63, 3.8) is 0 Å². The summed E-state index contributed by atoms with van der Waals surface area (Å²) < 4.78 is 59.1. The van der Waals surface area contributed by atoms with E-state index in [9.17, 15) is 31.2 Å². The van der Waals surface area contributed by atoms with Gasteiger partial charge in [0, 0.05) is 19.3 Å². The van der Waals surface area contributed by atoms with E-state index < -0.39 is 52.1 Å². The lowest BCUT2D eigenvalue weighted by Crippen LogP contribution is -2.44. The number of carbonyl (C=O) groups is 2. The lowest BCUT2D eigenvalue weighted by Gasteiger charge is -2.24. The Morgan fingerprint density at radius 3 is 2.26 bits per heavy atom. The third-order valence-corrected chi connectivity index (χ3v) is 3.95. The van der Waals surface area contributed by atoms with E-state index in [1.165, 1.54) is 0 Å². The second kappa shape index (κ2) is 4.66. The van der Waals surface area contributed by atoms with Gasteiger partial charge in [-0.25, -0.2) is 8.42 Å². The van der Waals surface area contributed by atoms with Gasteiger partial charge >= 0.3 is 18.1 Å². The van der Waals surface area contributed by atoms with Gasteiger partial charge in [0.15, 0.2) is 0 Å². The molecule has 0 aromatic carbocycles. The fourth-order valence-corrected chi connectivity index (χ4v) is 3.44. The maximum absolute atomic E-state index is 12.2. The maximum Gasteiger partial charge on any atom is 0.471 e. The highest BCUT2D eigenvalue weighted by molar-refractivity contribution is 7.90. The summed E-state index contributed by atoms with van der Waals surface area (Å²) in [4.78, 5) is 22.5. The Morgan fingerprint density at radius 2 is 1.89 bits per heavy atom. The van der Waals surface area contributed by atoms with Crippen molar-refractivity contribution >= 4 is 21.7 Å². The van der Waals surface area contributed by atoms with E-state index in [0.717, 1.165) is 6.26 Å².